The third kappa shape index (κ3) is 4.80. The molecule has 1 aromatic heterocycles. The molecule has 7 nitrogen and oxygen atoms in total. The summed E-state index contributed by atoms with van der Waals surface area (Å²) in [5.41, 5.74) is 0.835. The summed E-state index contributed by atoms with van der Waals surface area (Å²) < 4.78 is 12.0. The predicted octanol–water partition coefficient (Wildman–Crippen LogP) is 4.58. The average Bonchev–Trinajstić information content (AvgIpc) is 3.08. The van der Waals surface area contributed by atoms with Crippen molar-refractivity contribution >= 4 is 33.4 Å². The van der Waals surface area contributed by atoms with E-state index in [0.717, 1.165) is 10.0 Å². The molecule has 0 fully saturated rings. The van der Waals surface area contributed by atoms with Gasteiger partial charge in [-0.15, -0.1) is 10.2 Å². The lowest BCUT2D eigenvalue weighted by Crippen LogP contribution is -2.00. The second-order valence-electron chi connectivity index (χ2n) is 4.83. The van der Waals surface area contributed by atoms with Crippen LogP contribution in [-0.2, 0) is 0 Å². The van der Waals surface area contributed by atoms with E-state index in [1.165, 1.54) is 23.9 Å². The summed E-state index contributed by atoms with van der Waals surface area (Å²) in [6, 6.07) is 13.7. The Bertz CT molecular complexity index is 887. The molecule has 0 bridgehead atoms. The van der Waals surface area contributed by atoms with Gasteiger partial charge >= 0.3 is 0 Å². The smallest absolute Gasteiger partial charge is 0.276 e. The Morgan fingerprint density at radius 2 is 2.04 bits per heavy atom. The molecule has 0 saturated heterocycles. The second kappa shape index (κ2) is 8.13. The van der Waals surface area contributed by atoms with Gasteiger partial charge in [-0.25, -0.2) is 0 Å². The summed E-state index contributed by atoms with van der Waals surface area (Å²) in [7, 11) is 0. The van der Waals surface area contributed by atoms with Crippen molar-refractivity contribution in [3.8, 4) is 17.2 Å². The molecule has 0 N–H and O–H groups in total. The van der Waals surface area contributed by atoms with Crippen molar-refractivity contribution in [1.29, 1.82) is 0 Å². The van der Waals surface area contributed by atoms with E-state index in [9.17, 15) is 10.1 Å². The number of non-ortho nitro benzene ring substituents is 1. The number of aromatic nitrogens is 2. The fourth-order valence-corrected chi connectivity index (χ4v) is 2.96. The van der Waals surface area contributed by atoms with E-state index >= 15 is 0 Å². The Balaban J connectivity index is 1.51. The van der Waals surface area contributed by atoms with Crippen molar-refractivity contribution < 1.29 is 14.1 Å². The van der Waals surface area contributed by atoms with Crippen LogP contribution in [0.15, 0.2) is 62.6 Å². The highest BCUT2D eigenvalue weighted by atomic mass is 79.9. The van der Waals surface area contributed by atoms with E-state index in [1.54, 1.807) is 12.1 Å². The van der Waals surface area contributed by atoms with E-state index < -0.39 is 4.92 Å². The molecule has 0 unspecified atom stereocenters. The summed E-state index contributed by atoms with van der Waals surface area (Å²) in [6.45, 7) is 0.362. The highest BCUT2D eigenvalue weighted by Gasteiger charge is 2.10. The average molecular weight is 422 g/mol. The monoisotopic (exact) mass is 421 g/mol. The first kappa shape index (κ1) is 17.4. The zero-order valence-electron chi connectivity index (χ0n) is 12.8. The lowest BCUT2D eigenvalue weighted by Gasteiger charge is -2.04. The molecule has 0 spiro atoms. The number of halogens is 1. The molecule has 3 aromatic rings. The first-order valence-electron chi connectivity index (χ1n) is 7.21. The first-order chi connectivity index (χ1) is 12.1. The van der Waals surface area contributed by atoms with Crippen LogP contribution in [0.5, 0.6) is 5.75 Å². The van der Waals surface area contributed by atoms with Crippen LogP contribution < -0.4 is 4.74 Å². The molecule has 0 atom stereocenters. The molecule has 0 aliphatic carbocycles. The van der Waals surface area contributed by atoms with E-state index in [0.29, 0.717) is 29.2 Å². The van der Waals surface area contributed by atoms with Gasteiger partial charge in [0, 0.05) is 21.9 Å². The van der Waals surface area contributed by atoms with Gasteiger partial charge in [0.15, 0.2) is 0 Å². The van der Waals surface area contributed by atoms with Crippen molar-refractivity contribution in [1.82, 2.24) is 10.2 Å². The van der Waals surface area contributed by atoms with E-state index in [2.05, 4.69) is 26.1 Å². The van der Waals surface area contributed by atoms with Crippen LogP contribution in [0.2, 0.25) is 0 Å². The normalized spacial score (nSPS) is 10.6. The number of thioether (sulfide) groups is 1. The number of rotatable bonds is 7. The molecule has 2 aromatic carbocycles. The number of hydrogen-bond donors (Lipinski definition) is 0. The minimum absolute atomic E-state index is 0.000665. The number of nitrogens with zero attached hydrogens (tertiary/aromatic N) is 3. The third-order valence-corrected chi connectivity index (χ3v) is 4.36. The molecule has 0 radical (unpaired) electrons. The lowest BCUT2D eigenvalue weighted by molar-refractivity contribution is -0.384. The van der Waals surface area contributed by atoms with Gasteiger partial charge in [0.2, 0.25) is 5.89 Å². The maximum absolute atomic E-state index is 10.7. The van der Waals surface area contributed by atoms with Gasteiger partial charge < -0.3 is 9.15 Å². The first-order valence-corrected chi connectivity index (χ1v) is 8.99. The lowest BCUT2D eigenvalue weighted by atomic mass is 10.2. The van der Waals surface area contributed by atoms with Gasteiger partial charge in [-0.3, -0.25) is 10.1 Å². The zero-order valence-corrected chi connectivity index (χ0v) is 15.2. The van der Waals surface area contributed by atoms with Crippen LogP contribution >= 0.6 is 27.7 Å². The minimum atomic E-state index is -0.455. The van der Waals surface area contributed by atoms with E-state index in [4.69, 9.17) is 9.15 Å². The summed E-state index contributed by atoms with van der Waals surface area (Å²) in [5.74, 6) is 1.47. The van der Waals surface area contributed by atoms with Gasteiger partial charge in [-0.1, -0.05) is 39.8 Å². The Morgan fingerprint density at radius 3 is 2.84 bits per heavy atom. The Kier molecular flexibility index (Phi) is 5.67. The summed E-state index contributed by atoms with van der Waals surface area (Å²) in [5, 5.41) is 19.2. The van der Waals surface area contributed by atoms with Crippen molar-refractivity contribution in [2.45, 2.75) is 5.22 Å². The van der Waals surface area contributed by atoms with Crippen molar-refractivity contribution in [2.75, 3.05) is 12.4 Å². The van der Waals surface area contributed by atoms with Crippen molar-refractivity contribution in [3.63, 3.8) is 0 Å². The topological polar surface area (TPSA) is 91.3 Å². The fourth-order valence-electron chi connectivity index (χ4n) is 1.98. The summed E-state index contributed by atoms with van der Waals surface area (Å²) in [6.07, 6.45) is 0. The van der Waals surface area contributed by atoms with Crippen molar-refractivity contribution in [2.24, 2.45) is 0 Å². The third-order valence-electron chi connectivity index (χ3n) is 3.08. The van der Waals surface area contributed by atoms with Gasteiger partial charge in [-0.2, -0.15) is 0 Å². The van der Waals surface area contributed by atoms with Gasteiger partial charge in [0.05, 0.1) is 17.6 Å². The van der Waals surface area contributed by atoms with Gasteiger partial charge in [0.25, 0.3) is 10.9 Å². The largest absolute Gasteiger partial charge is 0.492 e. The number of benzene rings is 2. The number of nitro benzene ring substituents is 1. The molecule has 128 valence electrons. The number of ether oxygens (including phenoxy) is 1. The maximum Gasteiger partial charge on any atom is 0.276 e. The highest BCUT2D eigenvalue weighted by molar-refractivity contribution is 9.10. The van der Waals surface area contributed by atoms with Crippen LogP contribution in [0.25, 0.3) is 11.5 Å². The Hall–Kier alpha value is -2.39. The second-order valence-corrected chi connectivity index (χ2v) is 6.80. The Labute approximate surface area is 155 Å². The van der Waals surface area contributed by atoms with Crippen LogP contribution in [0.3, 0.4) is 0 Å². The number of hydrogen-bond acceptors (Lipinski definition) is 7. The Morgan fingerprint density at radius 1 is 1.20 bits per heavy atom. The zero-order chi connectivity index (χ0) is 17.6. The number of nitro groups is 1. The molecule has 0 amide bonds. The molecule has 0 saturated carbocycles. The maximum atomic E-state index is 10.7. The molecule has 25 heavy (non-hydrogen) atoms. The van der Waals surface area contributed by atoms with Crippen LogP contribution in [-0.4, -0.2) is 27.5 Å². The minimum Gasteiger partial charge on any atom is -0.492 e. The van der Waals surface area contributed by atoms with Crippen LogP contribution in [0, 0.1) is 10.1 Å². The van der Waals surface area contributed by atoms with Crippen molar-refractivity contribution in [3.05, 3.63) is 63.1 Å². The molecule has 0 aliphatic rings. The van der Waals surface area contributed by atoms with E-state index in [1.807, 2.05) is 24.3 Å². The molecule has 9 heteroatoms. The quantitative estimate of drug-likeness (QED) is 0.238. The SMILES string of the molecule is O=[N+]([O-])c1cccc(OCCSc2nnc(-c3cccc(Br)c3)o2)c1. The standard InChI is InChI=1S/C16H12BrN3O4S/c17-12-4-1-3-11(9-12)15-18-19-16(24-15)25-8-7-23-14-6-2-5-13(10-14)20(21)22/h1-6,9-10H,7-8H2. The van der Waals surface area contributed by atoms with Gasteiger partial charge in [0.1, 0.15) is 5.75 Å². The molecular weight excluding hydrogens is 410 g/mol. The summed E-state index contributed by atoms with van der Waals surface area (Å²) >= 11 is 4.76. The molecule has 1 heterocycles. The molecule has 0 aliphatic heterocycles. The van der Waals surface area contributed by atoms with Gasteiger partial charge in [-0.05, 0) is 24.3 Å². The predicted molar refractivity (Wildman–Crippen MR) is 96.7 cm³/mol. The molecule has 3 rings (SSSR count). The highest BCUT2D eigenvalue weighted by Crippen LogP contribution is 2.25. The molecular formula is C16H12BrN3O4S. The van der Waals surface area contributed by atoms with Crippen LogP contribution in [0.1, 0.15) is 0 Å². The van der Waals surface area contributed by atoms with Crippen LogP contribution in [0.4, 0.5) is 5.69 Å². The fraction of sp³-hybridized carbons (Fsp3) is 0.125. The van der Waals surface area contributed by atoms with E-state index in [-0.39, 0.29) is 5.69 Å². The summed E-state index contributed by atoms with van der Waals surface area (Å²) in [4.78, 5) is 10.3.